The topological polar surface area (TPSA) is 34.4 Å². The molecule has 0 atom stereocenters. The first-order valence-electron chi connectivity index (χ1n) is 3.51. The number of rotatable bonds is 0. The molecule has 66 valence electrons. The predicted molar refractivity (Wildman–Crippen MR) is 49.1 cm³/mol. The fourth-order valence-electron chi connectivity index (χ4n) is 1.05. The van der Waals surface area contributed by atoms with Crippen LogP contribution in [0, 0.1) is 5.82 Å². The number of fused-ring (bicyclic) bond motifs is 1. The summed E-state index contributed by atoms with van der Waals surface area (Å²) in [5, 5.41) is 0. The Hall–Kier alpha value is -1.23. The van der Waals surface area contributed by atoms with Crippen molar-refractivity contribution in [2.75, 3.05) is 0 Å². The summed E-state index contributed by atoms with van der Waals surface area (Å²) in [5.74, 6) is -0.507. The fourth-order valence-corrected chi connectivity index (χ4v) is 1.34. The maximum Gasteiger partial charge on any atom is 0.272 e. The van der Waals surface area contributed by atoms with Crippen LogP contribution in [0.3, 0.4) is 0 Å². The minimum absolute atomic E-state index is 0.0377. The van der Waals surface area contributed by atoms with Crippen LogP contribution in [0.2, 0.25) is 0 Å². The Kier molecular flexibility index (Phi) is 1.88. The van der Waals surface area contributed by atoms with E-state index in [0.717, 1.165) is 4.40 Å². The first-order valence-corrected chi connectivity index (χ1v) is 4.31. The molecule has 0 aliphatic heterocycles. The van der Waals surface area contributed by atoms with Gasteiger partial charge in [-0.3, -0.25) is 9.20 Å². The molecule has 2 aromatic rings. The number of nitrogens with zero attached hydrogens (tertiary/aromatic N) is 2. The third-order valence-electron chi connectivity index (χ3n) is 1.64. The Morgan fingerprint density at radius 1 is 1.54 bits per heavy atom. The second-order valence-corrected chi connectivity index (χ2v) is 3.32. The van der Waals surface area contributed by atoms with Crippen molar-refractivity contribution < 1.29 is 4.39 Å². The zero-order chi connectivity index (χ0) is 9.42. The van der Waals surface area contributed by atoms with E-state index in [2.05, 4.69) is 20.9 Å². The molecule has 0 saturated carbocycles. The van der Waals surface area contributed by atoms with Gasteiger partial charge in [0.1, 0.15) is 4.47 Å². The number of aromatic nitrogens is 2. The van der Waals surface area contributed by atoms with Crippen LogP contribution < -0.4 is 5.56 Å². The van der Waals surface area contributed by atoms with Crippen LogP contribution in [0.15, 0.2) is 33.8 Å². The summed E-state index contributed by atoms with van der Waals surface area (Å²) in [7, 11) is 0. The van der Waals surface area contributed by atoms with E-state index in [9.17, 15) is 9.18 Å². The minimum atomic E-state index is -0.507. The van der Waals surface area contributed by atoms with Crippen LogP contribution >= 0.6 is 15.9 Å². The van der Waals surface area contributed by atoms with Gasteiger partial charge in [0.25, 0.3) is 5.56 Å². The quantitative estimate of drug-likeness (QED) is 0.704. The summed E-state index contributed by atoms with van der Waals surface area (Å²) < 4.78 is 14.5. The summed E-state index contributed by atoms with van der Waals surface area (Å²) in [5.41, 5.74) is -0.278. The summed E-state index contributed by atoms with van der Waals surface area (Å²) in [6.07, 6.45) is 2.76. The van der Waals surface area contributed by atoms with Crippen molar-refractivity contribution in [1.29, 1.82) is 0 Å². The Morgan fingerprint density at radius 3 is 3.08 bits per heavy atom. The molecule has 2 heterocycles. The Bertz CT molecular complexity index is 523. The van der Waals surface area contributed by atoms with Gasteiger partial charge in [-0.15, -0.1) is 0 Å². The van der Waals surface area contributed by atoms with E-state index in [-0.39, 0.29) is 11.2 Å². The van der Waals surface area contributed by atoms with Crippen LogP contribution in [0.5, 0.6) is 0 Å². The second kappa shape index (κ2) is 2.92. The Morgan fingerprint density at radius 2 is 2.31 bits per heavy atom. The average Bonchev–Trinajstić information content (AvgIpc) is 2.12. The zero-order valence-electron chi connectivity index (χ0n) is 6.37. The van der Waals surface area contributed by atoms with Crippen molar-refractivity contribution in [2.45, 2.75) is 0 Å². The molecule has 2 aromatic heterocycles. The lowest BCUT2D eigenvalue weighted by molar-refractivity contribution is 0.626. The third-order valence-corrected chi connectivity index (χ3v) is 2.19. The standard InChI is InChI=1S/C8H4BrFN2O/c9-5-4-11-7-6(10)2-1-3-12(7)8(5)13/h1-4H. The lowest BCUT2D eigenvalue weighted by Gasteiger charge is -1.99. The summed E-state index contributed by atoms with van der Waals surface area (Å²) in [6.45, 7) is 0. The van der Waals surface area contributed by atoms with Crippen LogP contribution in [0.4, 0.5) is 4.39 Å². The predicted octanol–water partition coefficient (Wildman–Crippen LogP) is 1.60. The van der Waals surface area contributed by atoms with Gasteiger partial charge in [-0.25, -0.2) is 9.37 Å². The first kappa shape index (κ1) is 8.37. The molecule has 5 heteroatoms. The molecule has 0 amide bonds. The van der Waals surface area contributed by atoms with Crippen molar-refractivity contribution in [2.24, 2.45) is 0 Å². The van der Waals surface area contributed by atoms with E-state index < -0.39 is 5.82 Å². The van der Waals surface area contributed by atoms with E-state index in [1.54, 1.807) is 0 Å². The Balaban J connectivity index is 3.03. The van der Waals surface area contributed by atoms with Gasteiger partial charge < -0.3 is 0 Å². The normalized spacial score (nSPS) is 10.6. The molecule has 0 aliphatic carbocycles. The number of hydrogen-bond donors (Lipinski definition) is 0. The van der Waals surface area contributed by atoms with Gasteiger partial charge in [-0.2, -0.15) is 0 Å². The van der Waals surface area contributed by atoms with E-state index in [4.69, 9.17) is 0 Å². The van der Waals surface area contributed by atoms with Gasteiger partial charge in [0.05, 0.1) is 0 Å². The first-order chi connectivity index (χ1) is 6.20. The zero-order valence-corrected chi connectivity index (χ0v) is 7.95. The largest absolute Gasteiger partial charge is 0.272 e. The van der Waals surface area contributed by atoms with E-state index in [1.165, 1.54) is 24.5 Å². The van der Waals surface area contributed by atoms with Gasteiger partial charge in [0, 0.05) is 12.4 Å². The van der Waals surface area contributed by atoms with Gasteiger partial charge in [-0.05, 0) is 28.1 Å². The maximum atomic E-state index is 13.1. The van der Waals surface area contributed by atoms with Crippen molar-refractivity contribution in [3.8, 4) is 0 Å². The molecule has 13 heavy (non-hydrogen) atoms. The molecule has 0 radical (unpaired) electrons. The minimum Gasteiger partial charge on any atom is -0.268 e. The molecule has 0 unspecified atom stereocenters. The van der Waals surface area contributed by atoms with E-state index in [0.29, 0.717) is 4.47 Å². The average molecular weight is 243 g/mol. The summed E-state index contributed by atoms with van der Waals surface area (Å²) >= 11 is 3.02. The van der Waals surface area contributed by atoms with Crippen LogP contribution in [0.1, 0.15) is 0 Å². The molecule has 0 aromatic carbocycles. The molecule has 0 spiro atoms. The van der Waals surface area contributed by atoms with Crippen LogP contribution in [-0.4, -0.2) is 9.38 Å². The SMILES string of the molecule is O=c1c(Br)cnc2c(F)cccn12. The number of halogens is 2. The van der Waals surface area contributed by atoms with Gasteiger partial charge >= 0.3 is 0 Å². The summed E-state index contributed by atoms with van der Waals surface area (Å²) in [6, 6.07) is 2.72. The molecular weight excluding hydrogens is 239 g/mol. The van der Waals surface area contributed by atoms with Crippen molar-refractivity contribution >= 4 is 21.6 Å². The third kappa shape index (κ3) is 1.25. The molecule has 0 bridgehead atoms. The van der Waals surface area contributed by atoms with Gasteiger partial charge in [-0.1, -0.05) is 0 Å². The van der Waals surface area contributed by atoms with Gasteiger partial charge in [0.15, 0.2) is 11.5 Å². The highest BCUT2D eigenvalue weighted by molar-refractivity contribution is 9.10. The van der Waals surface area contributed by atoms with Crippen LogP contribution in [0.25, 0.3) is 5.65 Å². The number of hydrogen-bond acceptors (Lipinski definition) is 2. The van der Waals surface area contributed by atoms with Gasteiger partial charge in [0.2, 0.25) is 0 Å². The van der Waals surface area contributed by atoms with Crippen molar-refractivity contribution in [3.05, 3.63) is 45.2 Å². The molecule has 0 saturated heterocycles. The highest BCUT2D eigenvalue weighted by atomic mass is 79.9. The molecule has 0 aliphatic rings. The van der Waals surface area contributed by atoms with Crippen molar-refractivity contribution in [1.82, 2.24) is 9.38 Å². The number of pyridine rings is 1. The highest BCUT2D eigenvalue weighted by Crippen LogP contribution is 2.06. The molecule has 0 N–H and O–H groups in total. The molecule has 3 nitrogen and oxygen atoms in total. The molecular formula is C8H4BrFN2O. The van der Waals surface area contributed by atoms with Crippen molar-refractivity contribution in [3.63, 3.8) is 0 Å². The highest BCUT2D eigenvalue weighted by Gasteiger charge is 2.04. The lowest BCUT2D eigenvalue weighted by atomic mass is 10.4. The molecule has 2 rings (SSSR count). The monoisotopic (exact) mass is 242 g/mol. The lowest BCUT2D eigenvalue weighted by Crippen LogP contribution is -2.15. The maximum absolute atomic E-state index is 13.1. The Labute approximate surface area is 81.0 Å². The molecule has 0 fully saturated rings. The summed E-state index contributed by atoms with van der Waals surface area (Å²) in [4.78, 5) is 15.2. The van der Waals surface area contributed by atoms with Crippen LogP contribution in [-0.2, 0) is 0 Å². The smallest absolute Gasteiger partial charge is 0.268 e. The fraction of sp³-hybridized carbons (Fsp3) is 0. The van der Waals surface area contributed by atoms with E-state index in [1.807, 2.05) is 0 Å². The van der Waals surface area contributed by atoms with E-state index >= 15 is 0 Å². The second-order valence-electron chi connectivity index (χ2n) is 2.46.